The van der Waals surface area contributed by atoms with Gasteiger partial charge in [-0.05, 0) is 25.8 Å². The molecule has 2 aromatic rings. The highest BCUT2D eigenvalue weighted by atomic mass is 35.5. The molecule has 3 rings (SSSR count). The Morgan fingerprint density at radius 1 is 1.41 bits per heavy atom. The monoisotopic (exact) mass is 390 g/mol. The lowest BCUT2D eigenvalue weighted by Gasteiger charge is -2.32. The number of amides is 1. The van der Waals surface area contributed by atoms with E-state index in [0.29, 0.717) is 30.0 Å². The molecule has 8 nitrogen and oxygen atoms in total. The quantitative estimate of drug-likeness (QED) is 0.746. The second-order valence-corrected chi connectivity index (χ2v) is 6.69. The molecule has 0 aromatic carbocycles. The van der Waals surface area contributed by atoms with Gasteiger partial charge in [0.15, 0.2) is 0 Å². The van der Waals surface area contributed by atoms with E-state index in [1.54, 1.807) is 6.20 Å². The molecule has 1 saturated heterocycles. The molecule has 1 amide bonds. The van der Waals surface area contributed by atoms with E-state index >= 15 is 0 Å². The van der Waals surface area contributed by atoms with Gasteiger partial charge in [-0.15, -0.1) is 0 Å². The number of aromatic nitrogens is 3. The van der Waals surface area contributed by atoms with Gasteiger partial charge in [-0.3, -0.25) is 4.79 Å². The number of ether oxygens (including phenoxy) is 1. The fourth-order valence-electron chi connectivity index (χ4n) is 3.08. The predicted molar refractivity (Wildman–Crippen MR) is 104 cm³/mol. The lowest BCUT2D eigenvalue weighted by molar-refractivity contribution is -0.122. The van der Waals surface area contributed by atoms with Crippen LogP contribution in [0.1, 0.15) is 25.3 Å². The lowest BCUT2D eigenvalue weighted by Crippen LogP contribution is -2.39. The summed E-state index contributed by atoms with van der Waals surface area (Å²) in [5.41, 5.74) is 6.44. The number of primary amides is 1. The van der Waals surface area contributed by atoms with Gasteiger partial charge in [0.1, 0.15) is 10.8 Å². The minimum atomic E-state index is -0.220. The molecule has 0 saturated carbocycles. The van der Waals surface area contributed by atoms with E-state index in [9.17, 15) is 4.79 Å². The van der Waals surface area contributed by atoms with Gasteiger partial charge in [0.2, 0.25) is 17.7 Å². The Hall–Kier alpha value is -2.61. The van der Waals surface area contributed by atoms with Crippen molar-refractivity contribution in [3.8, 4) is 5.88 Å². The van der Waals surface area contributed by atoms with Crippen LogP contribution in [0.15, 0.2) is 24.5 Å². The largest absolute Gasteiger partial charge is 0.477 e. The van der Waals surface area contributed by atoms with Crippen molar-refractivity contribution in [2.75, 3.05) is 29.9 Å². The maximum Gasteiger partial charge on any atom is 0.237 e. The molecule has 0 bridgehead atoms. The van der Waals surface area contributed by atoms with Crippen molar-refractivity contribution in [2.24, 2.45) is 11.7 Å². The number of nitrogens with zero attached hydrogens (tertiary/aromatic N) is 4. The molecule has 3 heterocycles. The first kappa shape index (κ1) is 19.2. The van der Waals surface area contributed by atoms with Crippen LogP contribution in [-0.4, -0.2) is 40.6 Å². The fraction of sp³-hybridized carbons (Fsp3) is 0.444. The molecule has 27 heavy (non-hydrogen) atoms. The Labute approximate surface area is 163 Å². The molecule has 1 fully saturated rings. The first-order valence-electron chi connectivity index (χ1n) is 8.95. The van der Waals surface area contributed by atoms with Gasteiger partial charge < -0.3 is 20.7 Å². The van der Waals surface area contributed by atoms with Crippen molar-refractivity contribution in [1.29, 1.82) is 0 Å². The van der Waals surface area contributed by atoms with E-state index in [0.717, 1.165) is 37.3 Å². The first-order valence-corrected chi connectivity index (χ1v) is 9.33. The maximum absolute atomic E-state index is 11.4. The summed E-state index contributed by atoms with van der Waals surface area (Å²) >= 11 is 6.03. The van der Waals surface area contributed by atoms with Crippen LogP contribution < -0.4 is 20.7 Å². The second-order valence-electron chi connectivity index (χ2n) is 6.28. The molecule has 0 aliphatic carbocycles. The highest BCUT2D eigenvalue weighted by molar-refractivity contribution is 6.31. The minimum Gasteiger partial charge on any atom is -0.477 e. The van der Waals surface area contributed by atoms with Crippen molar-refractivity contribution in [2.45, 2.75) is 26.3 Å². The maximum atomic E-state index is 11.4. The third-order valence-electron chi connectivity index (χ3n) is 4.49. The van der Waals surface area contributed by atoms with Crippen LogP contribution in [0, 0.1) is 5.92 Å². The standard InChI is InChI=1S/C18H23ClN6O2/c1-2-27-17-14(19)11-23-18(24-17)22-10-13-4-3-7-21-16(13)25-8-5-12(6-9-25)15(20)26/h3-4,7,11-12H,2,5-6,8-10H2,1H3,(H2,20,26)(H,22,23,24). The summed E-state index contributed by atoms with van der Waals surface area (Å²) in [6.07, 6.45) is 4.78. The Morgan fingerprint density at radius 2 is 2.19 bits per heavy atom. The number of pyridine rings is 1. The van der Waals surface area contributed by atoms with Gasteiger partial charge in [-0.2, -0.15) is 4.98 Å². The molecule has 0 spiro atoms. The van der Waals surface area contributed by atoms with Gasteiger partial charge in [0.25, 0.3) is 0 Å². The topological polar surface area (TPSA) is 106 Å². The van der Waals surface area contributed by atoms with Crippen LogP contribution in [0.4, 0.5) is 11.8 Å². The second kappa shape index (κ2) is 8.85. The van der Waals surface area contributed by atoms with Gasteiger partial charge in [-0.1, -0.05) is 17.7 Å². The third kappa shape index (κ3) is 4.77. The van der Waals surface area contributed by atoms with Gasteiger partial charge in [-0.25, -0.2) is 9.97 Å². The highest BCUT2D eigenvalue weighted by Gasteiger charge is 2.24. The van der Waals surface area contributed by atoms with Gasteiger partial charge in [0.05, 0.1) is 12.8 Å². The Bertz CT molecular complexity index is 795. The van der Waals surface area contributed by atoms with Gasteiger partial charge >= 0.3 is 0 Å². The molecule has 2 aromatic heterocycles. The fourth-order valence-corrected chi connectivity index (χ4v) is 3.22. The molecule has 0 unspecified atom stereocenters. The van der Waals surface area contributed by atoms with Crippen LogP contribution in [0.25, 0.3) is 0 Å². The molecule has 1 aliphatic rings. The molecule has 0 atom stereocenters. The zero-order valence-corrected chi connectivity index (χ0v) is 15.9. The number of anilines is 2. The predicted octanol–water partition coefficient (Wildman–Crippen LogP) is 2.24. The van der Waals surface area contributed by atoms with Gasteiger partial charge in [0, 0.05) is 37.3 Å². The summed E-state index contributed by atoms with van der Waals surface area (Å²) in [6.45, 7) is 4.36. The normalized spacial score (nSPS) is 14.8. The van der Waals surface area contributed by atoms with Crippen LogP contribution >= 0.6 is 11.6 Å². The highest BCUT2D eigenvalue weighted by Crippen LogP contribution is 2.26. The van der Waals surface area contributed by atoms with Crippen LogP contribution in [0.2, 0.25) is 5.02 Å². The van der Waals surface area contributed by atoms with E-state index in [4.69, 9.17) is 22.1 Å². The number of piperidine rings is 1. The Kier molecular flexibility index (Phi) is 6.28. The van der Waals surface area contributed by atoms with E-state index < -0.39 is 0 Å². The van der Waals surface area contributed by atoms with E-state index in [1.165, 1.54) is 6.20 Å². The van der Waals surface area contributed by atoms with Crippen LogP contribution in [0.5, 0.6) is 5.88 Å². The van der Waals surface area contributed by atoms with Crippen molar-refractivity contribution in [1.82, 2.24) is 15.0 Å². The molecule has 144 valence electrons. The van der Waals surface area contributed by atoms with Crippen molar-refractivity contribution in [3.05, 3.63) is 35.1 Å². The SMILES string of the molecule is CCOc1nc(NCc2cccnc2N2CCC(C(N)=O)CC2)ncc1Cl. The first-order chi connectivity index (χ1) is 13.1. The molecule has 9 heteroatoms. The number of hydrogen-bond acceptors (Lipinski definition) is 7. The average molecular weight is 391 g/mol. The van der Waals surface area contributed by atoms with Crippen molar-refractivity contribution in [3.63, 3.8) is 0 Å². The molecule has 3 N–H and O–H groups in total. The lowest BCUT2D eigenvalue weighted by atomic mass is 9.96. The zero-order chi connectivity index (χ0) is 19.2. The summed E-state index contributed by atoms with van der Waals surface area (Å²) < 4.78 is 5.40. The molecular formula is C18H23ClN6O2. The minimum absolute atomic E-state index is 0.0500. The molecular weight excluding hydrogens is 368 g/mol. The van der Waals surface area contributed by atoms with Crippen LogP contribution in [0.3, 0.4) is 0 Å². The number of carbonyl (C=O) groups excluding carboxylic acids is 1. The van der Waals surface area contributed by atoms with E-state index in [1.807, 2.05) is 19.1 Å². The van der Waals surface area contributed by atoms with E-state index in [-0.39, 0.29) is 11.8 Å². The Balaban J connectivity index is 1.68. The van der Waals surface area contributed by atoms with Crippen molar-refractivity contribution < 1.29 is 9.53 Å². The summed E-state index contributed by atoms with van der Waals surface area (Å²) in [6, 6.07) is 3.90. The summed E-state index contributed by atoms with van der Waals surface area (Å²) in [5.74, 6) is 1.42. The van der Waals surface area contributed by atoms with Crippen LogP contribution in [-0.2, 0) is 11.3 Å². The van der Waals surface area contributed by atoms with Crippen molar-refractivity contribution >= 4 is 29.3 Å². The summed E-state index contributed by atoms with van der Waals surface area (Å²) in [5, 5.41) is 3.57. The third-order valence-corrected chi connectivity index (χ3v) is 4.75. The number of nitrogens with one attached hydrogen (secondary N) is 1. The number of nitrogens with two attached hydrogens (primary N) is 1. The molecule has 0 radical (unpaired) electrons. The average Bonchev–Trinajstić information content (AvgIpc) is 2.69. The Morgan fingerprint density at radius 3 is 2.89 bits per heavy atom. The van der Waals surface area contributed by atoms with E-state index in [2.05, 4.69) is 25.2 Å². The number of halogens is 1. The summed E-state index contributed by atoms with van der Waals surface area (Å²) in [4.78, 5) is 26.6. The number of rotatable bonds is 7. The number of hydrogen-bond donors (Lipinski definition) is 2. The number of carbonyl (C=O) groups is 1. The summed E-state index contributed by atoms with van der Waals surface area (Å²) in [7, 11) is 0. The smallest absolute Gasteiger partial charge is 0.237 e. The molecule has 1 aliphatic heterocycles. The zero-order valence-electron chi connectivity index (χ0n) is 15.2.